The van der Waals surface area contributed by atoms with Crippen molar-refractivity contribution in [2.24, 2.45) is 0 Å². The maximum Gasteiger partial charge on any atom is 0.341 e. The molecule has 53 heavy (non-hydrogen) atoms. The molecule has 0 aliphatic rings. The maximum atomic E-state index is 13.6. The second-order valence-corrected chi connectivity index (χ2v) is 13.3. The number of para-hydroxylation sites is 1. The van der Waals surface area contributed by atoms with Gasteiger partial charge in [-0.1, -0.05) is 42.5 Å². The first kappa shape index (κ1) is 37.9. The summed E-state index contributed by atoms with van der Waals surface area (Å²) in [6, 6.07) is 28.4. The molecule has 0 unspecified atom stereocenters. The van der Waals surface area contributed by atoms with E-state index in [1.165, 1.54) is 44.2 Å². The molecule has 0 aliphatic heterocycles. The number of thiophene rings is 1. The molecule has 0 saturated carbocycles. The Bertz CT molecular complexity index is 2190. The smallest absolute Gasteiger partial charge is 0.341 e. The lowest BCUT2D eigenvalue weighted by molar-refractivity contribution is -0.114. The quantitative estimate of drug-likeness (QED) is 0.0485. The summed E-state index contributed by atoms with van der Waals surface area (Å²) in [7, 11) is 2.64. The highest BCUT2D eigenvalue weighted by molar-refractivity contribution is 8.00. The first-order valence-electron chi connectivity index (χ1n) is 15.9. The van der Waals surface area contributed by atoms with Crippen LogP contribution in [-0.2, 0) is 14.3 Å². The molecule has 4 amide bonds. The van der Waals surface area contributed by atoms with Crippen molar-refractivity contribution in [3.63, 3.8) is 0 Å². The van der Waals surface area contributed by atoms with Crippen LogP contribution in [0.3, 0.4) is 0 Å². The third kappa shape index (κ3) is 9.90. The van der Waals surface area contributed by atoms with Gasteiger partial charge in [0.25, 0.3) is 17.7 Å². The number of phenolic OH excluding ortho intramolecular Hbond substituents is 1. The molecule has 12 nitrogen and oxygen atoms in total. The number of methoxy groups -OCH3 is 2. The van der Waals surface area contributed by atoms with Crippen molar-refractivity contribution in [2.75, 3.05) is 35.9 Å². The number of hydrogen-bond donors (Lipinski definition) is 5. The fourth-order valence-corrected chi connectivity index (χ4v) is 6.83. The van der Waals surface area contributed by atoms with Crippen LogP contribution in [0.15, 0.2) is 114 Å². The molecular weight excluding hydrogens is 717 g/mol. The van der Waals surface area contributed by atoms with Crippen LogP contribution >= 0.6 is 23.1 Å². The number of phenols is 1. The zero-order valence-electron chi connectivity index (χ0n) is 28.7. The number of thioether (sulfide) groups is 1. The van der Waals surface area contributed by atoms with Gasteiger partial charge in [0.05, 0.1) is 30.4 Å². The zero-order chi connectivity index (χ0) is 37.9. The van der Waals surface area contributed by atoms with Gasteiger partial charge >= 0.3 is 5.97 Å². The summed E-state index contributed by atoms with van der Waals surface area (Å²) in [5.41, 5.74) is 2.10. The minimum absolute atomic E-state index is 0.0354. The van der Waals surface area contributed by atoms with Crippen molar-refractivity contribution in [2.45, 2.75) is 11.8 Å². The molecule has 0 radical (unpaired) electrons. The van der Waals surface area contributed by atoms with Gasteiger partial charge in [0.1, 0.15) is 22.2 Å². The molecule has 0 saturated heterocycles. The van der Waals surface area contributed by atoms with Gasteiger partial charge in [-0.25, -0.2) is 4.79 Å². The second kappa shape index (κ2) is 17.7. The Morgan fingerprint density at radius 3 is 2.19 bits per heavy atom. The molecule has 270 valence electrons. The van der Waals surface area contributed by atoms with Gasteiger partial charge in [0, 0.05) is 33.5 Å². The number of ether oxygens (including phenoxy) is 2. The van der Waals surface area contributed by atoms with E-state index in [0.717, 1.165) is 11.3 Å². The molecule has 5 aromatic rings. The molecule has 5 rings (SSSR count). The summed E-state index contributed by atoms with van der Waals surface area (Å²) in [5, 5.41) is 21.1. The predicted octanol–water partition coefficient (Wildman–Crippen LogP) is 6.95. The molecule has 4 aromatic carbocycles. The summed E-state index contributed by atoms with van der Waals surface area (Å²) in [6.45, 7) is 1.61. The first-order chi connectivity index (χ1) is 25.6. The van der Waals surface area contributed by atoms with Crippen LogP contribution in [-0.4, -0.2) is 54.7 Å². The molecule has 0 spiro atoms. The van der Waals surface area contributed by atoms with Crippen molar-refractivity contribution in [3.8, 4) is 11.5 Å². The molecule has 1 heterocycles. The predicted molar refractivity (Wildman–Crippen MR) is 206 cm³/mol. The van der Waals surface area contributed by atoms with Crippen LogP contribution in [0.25, 0.3) is 6.08 Å². The van der Waals surface area contributed by atoms with E-state index in [2.05, 4.69) is 21.3 Å². The van der Waals surface area contributed by atoms with E-state index in [4.69, 9.17) is 9.47 Å². The second-order valence-electron chi connectivity index (χ2n) is 11.2. The fourth-order valence-electron chi connectivity index (χ4n) is 4.97. The van der Waals surface area contributed by atoms with Crippen molar-refractivity contribution in [3.05, 3.63) is 136 Å². The van der Waals surface area contributed by atoms with Crippen LogP contribution in [0.2, 0.25) is 0 Å². The molecule has 1 aromatic heterocycles. The van der Waals surface area contributed by atoms with E-state index >= 15 is 0 Å². The number of nitrogens with one attached hydrogen (secondary N) is 4. The number of carbonyl (C=O) groups is 5. The van der Waals surface area contributed by atoms with Gasteiger partial charge in [-0.15, -0.1) is 23.1 Å². The van der Waals surface area contributed by atoms with E-state index < -0.39 is 29.6 Å². The lowest BCUT2D eigenvalue weighted by atomic mass is 10.1. The van der Waals surface area contributed by atoms with E-state index in [-0.39, 0.29) is 38.4 Å². The van der Waals surface area contributed by atoms with Crippen molar-refractivity contribution >= 4 is 75.1 Å². The Balaban J connectivity index is 1.29. The number of esters is 1. The number of carbonyl (C=O) groups excluding carboxylic acids is 5. The summed E-state index contributed by atoms with van der Waals surface area (Å²) in [4.78, 5) is 66.4. The third-order valence-corrected chi connectivity index (χ3v) is 9.73. The normalized spacial score (nSPS) is 10.9. The molecule has 0 atom stereocenters. The number of aromatic hydroxyl groups is 1. The molecule has 5 N–H and O–H groups in total. The van der Waals surface area contributed by atoms with Crippen molar-refractivity contribution < 1.29 is 38.6 Å². The van der Waals surface area contributed by atoms with Gasteiger partial charge in [-0.3, -0.25) is 19.2 Å². The lowest BCUT2D eigenvalue weighted by Gasteiger charge is -2.13. The Kier molecular flexibility index (Phi) is 12.7. The van der Waals surface area contributed by atoms with Crippen LogP contribution in [0, 0.1) is 6.92 Å². The van der Waals surface area contributed by atoms with Crippen LogP contribution < -0.4 is 26.0 Å². The van der Waals surface area contributed by atoms with Crippen LogP contribution in [0.1, 0.15) is 41.5 Å². The van der Waals surface area contributed by atoms with Crippen molar-refractivity contribution in [1.29, 1.82) is 0 Å². The summed E-state index contributed by atoms with van der Waals surface area (Å²) in [6.07, 6.45) is 1.43. The number of benzene rings is 4. The van der Waals surface area contributed by atoms with E-state index in [1.54, 1.807) is 91.9 Å². The number of amides is 4. The fraction of sp³-hybridized carbons (Fsp3) is 0.103. The number of anilines is 3. The minimum Gasteiger partial charge on any atom is -0.508 e. The monoisotopic (exact) mass is 750 g/mol. The molecule has 0 aliphatic carbocycles. The van der Waals surface area contributed by atoms with E-state index in [0.29, 0.717) is 33.0 Å². The van der Waals surface area contributed by atoms with Crippen LogP contribution in [0.5, 0.6) is 11.5 Å². The standard InChI is InChI=1S/C39H34N4O8S2/c1-23-33(39(49)51-3)38(53-34(23)37(48)40-26-13-8-5-9-14-26)43-32(45)22-52-29-16-10-15-27(20-29)41-36(47)30(42-35(46)24-11-6-4-7-12-24)19-25-17-18-28(44)21-31(25)50-2/h4-21,44H,22H2,1-3H3,(H,40,48)(H,41,47)(H,42,46)(H,43,45)/b30-19+. The average Bonchev–Trinajstić information content (AvgIpc) is 3.49. The van der Waals surface area contributed by atoms with E-state index in [9.17, 15) is 29.1 Å². The largest absolute Gasteiger partial charge is 0.508 e. The summed E-state index contributed by atoms with van der Waals surface area (Å²) in [5.74, 6) is -2.55. The molecule has 0 fully saturated rings. The zero-order valence-corrected chi connectivity index (χ0v) is 30.4. The Morgan fingerprint density at radius 1 is 0.792 bits per heavy atom. The van der Waals surface area contributed by atoms with Gasteiger partial charge in [0.15, 0.2) is 0 Å². The summed E-state index contributed by atoms with van der Waals surface area (Å²) >= 11 is 2.14. The van der Waals surface area contributed by atoms with Gasteiger partial charge in [-0.2, -0.15) is 0 Å². The SMILES string of the molecule is COC(=O)c1c(NC(=O)CSc2cccc(NC(=O)/C(=C\c3ccc(O)cc3OC)NC(=O)c3ccccc3)c2)sc(C(=O)Nc2ccccc2)c1C. The molecule has 14 heteroatoms. The summed E-state index contributed by atoms with van der Waals surface area (Å²) < 4.78 is 10.3. The number of hydrogen-bond acceptors (Lipinski definition) is 10. The highest BCUT2D eigenvalue weighted by Crippen LogP contribution is 2.35. The minimum atomic E-state index is -0.693. The Labute approximate surface area is 313 Å². The van der Waals surface area contributed by atoms with Gasteiger partial charge in [-0.05, 0) is 73.2 Å². The van der Waals surface area contributed by atoms with Crippen LogP contribution in [0.4, 0.5) is 16.4 Å². The Hall–Kier alpha value is -6.38. The molecular formula is C39H34N4O8S2. The van der Waals surface area contributed by atoms with E-state index in [1.807, 2.05) is 6.07 Å². The lowest BCUT2D eigenvalue weighted by Crippen LogP contribution is -2.30. The highest BCUT2D eigenvalue weighted by atomic mass is 32.2. The van der Waals surface area contributed by atoms with Crippen molar-refractivity contribution in [1.82, 2.24) is 5.32 Å². The highest BCUT2D eigenvalue weighted by Gasteiger charge is 2.26. The van der Waals surface area contributed by atoms with Gasteiger partial charge in [0.2, 0.25) is 5.91 Å². The molecule has 0 bridgehead atoms. The average molecular weight is 751 g/mol. The van der Waals surface area contributed by atoms with Gasteiger partial charge < -0.3 is 35.8 Å². The third-order valence-electron chi connectivity index (χ3n) is 7.53. The Morgan fingerprint density at radius 2 is 1.49 bits per heavy atom. The first-order valence-corrected chi connectivity index (χ1v) is 17.7. The maximum absolute atomic E-state index is 13.6. The topological polar surface area (TPSA) is 172 Å². The number of rotatable bonds is 13.